The first-order valence-corrected chi connectivity index (χ1v) is 9.17. The van der Waals surface area contributed by atoms with Gasteiger partial charge in [0.05, 0.1) is 6.54 Å². The molecule has 0 radical (unpaired) electrons. The Bertz CT molecular complexity index is 1080. The number of hydrogen-bond donors (Lipinski definition) is 2. The summed E-state index contributed by atoms with van der Waals surface area (Å²) in [4.78, 5) is 35.5. The van der Waals surface area contributed by atoms with E-state index in [0.717, 1.165) is 11.1 Å². The molecule has 11 heteroatoms. The van der Waals surface area contributed by atoms with Gasteiger partial charge in [-0.2, -0.15) is 4.80 Å². The van der Waals surface area contributed by atoms with Gasteiger partial charge in [0.25, 0.3) is 5.91 Å². The third-order valence-corrected chi connectivity index (χ3v) is 4.69. The molecule has 4 rings (SSSR count). The molecule has 0 saturated heterocycles. The van der Waals surface area contributed by atoms with E-state index in [1.54, 1.807) is 24.3 Å². The van der Waals surface area contributed by atoms with Crippen molar-refractivity contribution in [2.45, 2.75) is 19.0 Å². The van der Waals surface area contributed by atoms with E-state index in [4.69, 9.17) is 0 Å². The van der Waals surface area contributed by atoms with Gasteiger partial charge in [-0.05, 0) is 22.9 Å². The summed E-state index contributed by atoms with van der Waals surface area (Å²) in [6.45, 7) is 0.377. The van der Waals surface area contributed by atoms with Gasteiger partial charge in [-0.1, -0.05) is 42.5 Å². The minimum absolute atomic E-state index is 0.186. The number of benzene rings is 2. The van der Waals surface area contributed by atoms with Crippen LogP contribution in [-0.4, -0.2) is 43.0 Å². The van der Waals surface area contributed by atoms with Gasteiger partial charge in [-0.15, -0.1) is 10.2 Å². The van der Waals surface area contributed by atoms with Crippen LogP contribution in [0.25, 0.3) is 11.4 Å². The van der Waals surface area contributed by atoms with Crippen LogP contribution >= 0.6 is 0 Å². The summed E-state index contributed by atoms with van der Waals surface area (Å²) >= 11 is 0. The molecule has 0 bridgehead atoms. The SMILES string of the molecule is O=C(NNC(=O)C1CC1[N+](=O)[O-])c1ccc(Cn2nnc(-c3ccccc3)n2)cc1. The zero-order valence-electron chi connectivity index (χ0n) is 15.6. The van der Waals surface area contributed by atoms with Gasteiger partial charge in [0.15, 0.2) is 0 Å². The van der Waals surface area contributed by atoms with E-state index in [2.05, 4.69) is 26.3 Å². The minimum Gasteiger partial charge on any atom is -0.273 e. The summed E-state index contributed by atoms with van der Waals surface area (Å²) in [6, 6.07) is 15.3. The molecule has 2 N–H and O–H groups in total. The van der Waals surface area contributed by atoms with Gasteiger partial charge in [-0.25, -0.2) is 0 Å². The number of carbonyl (C=O) groups is 2. The first kappa shape index (κ1) is 19.2. The molecule has 1 fully saturated rings. The van der Waals surface area contributed by atoms with Crippen molar-refractivity contribution in [3.8, 4) is 11.4 Å². The average molecular weight is 407 g/mol. The number of amides is 2. The quantitative estimate of drug-likeness (QED) is 0.454. The smallest absolute Gasteiger partial charge is 0.269 e. The fraction of sp³-hybridized carbons (Fsp3) is 0.211. The van der Waals surface area contributed by atoms with Gasteiger partial charge in [0.1, 0.15) is 5.92 Å². The molecule has 30 heavy (non-hydrogen) atoms. The van der Waals surface area contributed by atoms with Crippen molar-refractivity contribution in [2.75, 3.05) is 0 Å². The number of rotatable bonds is 6. The highest BCUT2D eigenvalue weighted by molar-refractivity contribution is 5.95. The van der Waals surface area contributed by atoms with Crippen molar-refractivity contribution in [2.24, 2.45) is 5.92 Å². The Hall–Kier alpha value is -4.15. The molecular weight excluding hydrogens is 390 g/mol. The fourth-order valence-electron chi connectivity index (χ4n) is 2.92. The van der Waals surface area contributed by atoms with Crippen LogP contribution in [0.15, 0.2) is 54.6 Å². The Balaban J connectivity index is 1.31. The Morgan fingerprint density at radius 1 is 1.10 bits per heavy atom. The summed E-state index contributed by atoms with van der Waals surface area (Å²) in [6.07, 6.45) is 0.186. The minimum atomic E-state index is -0.867. The van der Waals surface area contributed by atoms with E-state index >= 15 is 0 Å². The maximum Gasteiger partial charge on any atom is 0.269 e. The largest absolute Gasteiger partial charge is 0.273 e. The molecule has 152 valence electrons. The highest BCUT2D eigenvalue weighted by atomic mass is 16.6. The summed E-state index contributed by atoms with van der Waals surface area (Å²) in [7, 11) is 0. The van der Waals surface area contributed by atoms with Crippen LogP contribution in [-0.2, 0) is 11.3 Å². The zero-order valence-corrected chi connectivity index (χ0v) is 15.6. The molecule has 2 amide bonds. The van der Waals surface area contributed by atoms with Gasteiger partial charge in [-0.3, -0.25) is 30.6 Å². The predicted molar refractivity (Wildman–Crippen MR) is 103 cm³/mol. The number of nitrogens with one attached hydrogen (secondary N) is 2. The monoisotopic (exact) mass is 407 g/mol. The molecular formula is C19H17N7O4. The molecule has 1 saturated carbocycles. The second kappa shape index (κ2) is 8.07. The lowest BCUT2D eigenvalue weighted by Gasteiger charge is -2.07. The van der Waals surface area contributed by atoms with E-state index in [-0.39, 0.29) is 6.42 Å². The summed E-state index contributed by atoms with van der Waals surface area (Å²) in [5.41, 5.74) is 6.55. The third-order valence-electron chi connectivity index (χ3n) is 4.69. The van der Waals surface area contributed by atoms with E-state index in [1.807, 2.05) is 30.3 Å². The number of nitrogens with zero attached hydrogens (tertiary/aromatic N) is 5. The van der Waals surface area contributed by atoms with Crippen molar-refractivity contribution >= 4 is 11.8 Å². The predicted octanol–water partition coefficient (Wildman–Crippen LogP) is 0.815. The number of tetrazole rings is 1. The molecule has 1 aromatic heterocycles. The Labute approximate surface area is 170 Å². The van der Waals surface area contributed by atoms with Gasteiger partial charge in [0.2, 0.25) is 17.8 Å². The van der Waals surface area contributed by atoms with Crippen LogP contribution in [0.3, 0.4) is 0 Å². The standard InChI is InChI=1S/C19H17N7O4/c27-18(21-22-19(28)15-10-16(15)26(29)30)14-8-6-12(7-9-14)11-25-23-17(20-24-25)13-4-2-1-3-5-13/h1-9,15-16H,10-11H2,(H,21,27)(H,22,28). The molecule has 3 aromatic rings. The molecule has 2 unspecified atom stereocenters. The molecule has 2 aromatic carbocycles. The Kier molecular flexibility index (Phi) is 5.16. The van der Waals surface area contributed by atoms with Crippen molar-refractivity contribution < 1.29 is 14.5 Å². The number of hydrogen-bond acceptors (Lipinski definition) is 7. The van der Waals surface area contributed by atoms with Crippen LogP contribution in [0.4, 0.5) is 0 Å². The second-order valence-corrected chi connectivity index (χ2v) is 6.84. The lowest BCUT2D eigenvalue weighted by atomic mass is 10.1. The van der Waals surface area contributed by atoms with Crippen molar-refractivity contribution in [3.63, 3.8) is 0 Å². The number of aromatic nitrogens is 4. The van der Waals surface area contributed by atoms with Gasteiger partial charge in [0, 0.05) is 22.5 Å². The summed E-state index contributed by atoms with van der Waals surface area (Å²) in [5, 5.41) is 23.0. The number of hydrazine groups is 1. The molecule has 11 nitrogen and oxygen atoms in total. The van der Waals surface area contributed by atoms with E-state index in [1.165, 1.54) is 4.80 Å². The van der Waals surface area contributed by atoms with Gasteiger partial charge >= 0.3 is 0 Å². The molecule has 1 aliphatic rings. The van der Waals surface area contributed by atoms with Crippen molar-refractivity contribution in [1.29, 1.82) is 0 Å². The molecule has 0 spiro atoms. The van der Waals surface area contributed by atoms with Crippen LogP contribution < -0.4 is 10.9 Å². The van der Waals surface area contributed by atoms with Crippen molar-refractivity contribution in [3.05, 3.63) is 75.8 Å². The molecule has 1 heterocycles. The number of nitro groups is 1. The number of carbonyl (C=O) groups excluding carboxylic acids is 2. The van der Waals surface area contributed by atoms with Crippen LogP contribution in [0.5, 0.6) is 0 Å². The highest BCUT2D eigenvalue weighted by Crippen LogP contribution is 2.32. The first-order valence-electron chi connectivity index (χ1n) is 9.17. The Morgan fingerprint density at radius 3 is 2.50 bits per heavy atom. The third kappa shape index (κ3) is 4.29. The normalized spacial score (nSPS) is 17.2. The van der Waals surface area contributed by atoms with Crippen LogP contribution in [0, 0.1) is 16.0 Å². The summed E-state index contributed by atoms with van der Waals surface area (Å²) in [5.74, 6) is -1.25. The highest BCUT2D eigenvalue weighted by Gasteiger charge is 2.53. The van der Waals surface area contributed by atoms with Gasteiger partial charge < -0.3 is 0 Å². The van der Waals surface area contributed by atoms with Crippen molar-refractivity contribution in [1.82, 2.24) is 31.1 Å². The lowest BCUT2D eigenvalue weighted by molar-refractivity contribution is -0.497. The summed E-state index contributed by atoms with van der Waals surface area (Å²) < 4.78 is 0. The maximum atomic E-state index is 12.1. The van der Waals surface area contributed by atoms with E-state index in [9.17, 15) is 19.7 Å². The lowest BCUT2D eigenvalue weighted by Crippen LogP contribution is -2.43. The Morgan fingerprint density at radius 2 is 1.83 bits per heavy atom. The zero-order chi connectivity index (χ0) is 21.1. The van der Waals surface area contributed by atoms with Crippen LogP contribution in [0.2, 0.25) is 0 Å². The second-order valence-electron chi connectivity index (χ2n) is 6.84. The molecule has 1 aliphatic carbocycles. The topological polar surface area (TPSA) is 145 Å². The molecule has 2 atom stereocenters. The van der Waals surface area contributed by atoms with Crippen LogP contribution in [0.1, 0.15) is 22.3 Å². The first-order chi connectivity index (χ1) is 14.5. The maximum absolute atomic E-state index is 12.1. The fourth-order valence-corrected chi connectivity index (χ4v) is 2.92. The van der Waals surface area contributed by atoms with E-state index < -0.39 is 28.7 Å². The average Bonchev–Trinajstić information content (AvgIpc) is 3.45. The van der Waals surface area contributed by atoms with E-state index in [0.29, 0.717) is 17.9 Å². The molecule has 0 aliphatic heterocycles.